The Morgan fingerprint density at radius 3 is 2.40 bits per heavy atom. The van der Waals surface area contributed by atoms with Crippen molar-refractivity contribution < 1.29 is 23.4 Å². The lowest BCUT2D eigenvalue weighted by atomic mass is 10.2. The lowest BCUT2D eigenvalue weighted by Gasteiger charge is -2.08. The average Bonchev–Trinajstić information content (AvgIpc) is 2.36. The number of ether oxygens (including phenoxy) is 1. The Morgan fingerprint density at radius 2 is 1.80 bits per heavy atom. The molecule has 1 N–H and O–H groups in total. The van der Waals surface area contributed by atoms with E-state index in [4.69, 9.17) is 9.84 Å². The molecular formula is C14H9BrF2O3. The summed E-state index contributed by atoms with van der Waals surface area (Å²) >= 11 is 3.11. The van der Waals surface area contributed by atoms with Crippen LogP contribution in [-0.2, 0) is 6.61 Å². The molecular weight excluding hydrogens is 334 g/mol. The fourth-order valence-electron chi connectivity index (χ4n) is 1.62. The van der Waals surface area contributed by atoms with Crippen molar-refractivity contribution in [2.75, 3.05) is 0 Å². The van der Waals surface area contributed by atoms with Gasteiger partial charge in [0, 0.05) is 10.5 Å². The maximum absolute atomic E-state index is 13.0. The molecule has 0 aliphatic carbocycles. The first-order valence-corrected chi connectivity index (χ1v) is 6.35. The van der Waals surface area contributed by atoms with Crippen molar-refractivity contribution in [1.29, 1.82) is 0 Å². The van der Waals surface area contributed by atoms with Crippen LogP contribution in [-0.4, -0.2) is 11.1 Å². The van der Waals surface area contributed by atoms with Crippen molar-refractivity contribution in [2.24, 2.45) is 0 Å². The lowest BCUT2D eigenvalue weighted by molar-refractivity contribution is 0.0695. The molecule has 0 aliphatic rings. The summed E-state index contributed by atoms with van der Waals surface area (Å²) in [4.78, 5) is 11.0. The van der Waals surface area contributed by atoms with E-state index in [9.17, 15) is 13.6 Å². The van der Waals surface area contributed by atoms with Crippen LogP contribution >= 0.6 is 15.9 Å². The molecule has 20 heavy (non-hydrogen) atoms. The minimum Gasteiger partial charge on any atom is -0.489 e. The predicted octanol–water partition coefficient (Wildman–Crippen LogP) is 4.00. The Labute approximate surface area is 121 Å². The Balaban J connectivity index is 2.14. The SMILES string of the molecule is O=C(O)c1cc(OCc2cc(F)cc(F)c2)ccc1Br. The van der Waals surface area contributed by atoms with Gasteiger partial charge in [-0.25, -0.2) is 13.6 Å². The zero-order chi connectivity index (χ0) is 14.7. The molecule has 0 aromatic heterocycles. The van der Waals surface area contributed by atoms with E-state index in [2.05, 4.69) is 15.9 Å². The second kappa shape index (κ2) is 6.00. The number of aromatic carboxylic acids is 1. The standard InChI is InChI=1S/C14H9BrF2O3/c15-13-2-1-11(6-12(13)14(18)19)20-7-8-3-9(16)5-10(17)4-8/h1-6H,7H2,(H,18,19). The number of carbonyl (C=O) groups is 1. The van der Waals surface area contributed by atoms with E-state index in [1.807, 2.05) is 0 Å². The van der Waals surface area contributed by atoms with Crippen LogP contribution < -0.4 is 4.74 Å². The van der Waals surface area contributed by atoms with Crippen molar-refractivity contribution in [1.82, 2.24) is 0 Å². The number of hydrogen-bond acceptors (Lipinski definition) is 2. The summed E-state index contributed by atoms with van der Waals surface area (Å²) in [6.45, 7) is -0.0601. The first kappa shape index (κ1) is 14.5. The number of rotatable bonds is 4. The number of carboxylic acids is 1. The van der Waals surface area contributed by atoms with Gasteiger partial charge in [-0.05, 0) is 51.8 Å². The molecule has 3 nitrogen and oxygen atoms in total. The van der Waals surface area contributed by atoms with Crippen LogP contribution in [0.2, 0.25) is 0 Å². The van der Waals surface area contributed by atoms with Gasteiger partial charge >= 0.3 is 5.97 Å². The molecule has 0 saturated heterocycles. The van der Waals surface area contributed by atoms with Gasteiger partial charge in [0.1, 0.15) is 24.0 Å². The van der Waals surface area contributed by atoms with Crippen LogP contribution in [0.15, 0.2) is 40.9 Å². The minimum atomic E-state index is -1.10. The Morgan fingerprint density at radius 1 is 1.15 bits per heavy atom. The molecule has 0 amide bonds. The summed E-state index contributed by atoms with van der Waals surface area (Å²) in [5, 5.41) is 8.96. The second-order valence-corrected chi connectivity index (χ2v) is 4.87. The van der Waals surface area contributed by atoms with Crippen molar-refractivity contribution >= 4 is 21.9 Å². The van der Waals surface area contributed by atoms with Gasteiger partial charge < -0.3 is 9.84 Å². The van der Waals surface area contributed by atoms with Crippen molar-refractivity contribution in [3.8, 4) is 5.75 Å². The highest BCUT2D eigenvalue weighted by Gasteiger charge is 2.10. The smallest absolute Gasteiger partial charge is 0.336 e. The second-order valence-electron chi connectivity index (χ2n) is 4.01. The fourth-order valence-corrected chi connectivity index (χ4v) is 2.04. The molecule has 2 rings (SSSR count). The largest absolute Gasteiger partial charge is 0.489 e. The zero-order valence-corrected chi connectivity index (χ0v) is 11.7. The van der Waals surface area contributed by atoms with Gasteiger partial charge in [-0.15, -0.1) is 0 Å². The van der Waals surface area contributed by atoms with E-state index < -0.39 is 17.6 Å². The van der Waals surface area contributed by atoms with Crippen molar-refractivity contribution in [2.45, 2.75) is 6.61 Å². The molecule has 0 radical (unpaired) electrons. The van der Waals surface area contributed by atoms with Crippen LogP contribution in [0.3, 0.4) is 0 Å². The van der Waals surface area contributed by atoms with Crippen molar-refractivity contribution in [3.05, 3.63) is 63.6 Å². The fraction of sp³-hybridized carbons (Fsp3) is 0.0714. The van der Waals surface area contributed by atoms with Crippen LogP contribution in [0.1, 0.15) is 15.9 Å². The summed E-state index contributed by atoms with van der Waals surface area (Å²) in [6, 6.07) is 7.50. The highest BCUT2D eigenvalue weighted by atomic mass is 79.9. The maximum Gasteiger partial charge on any atom is 0.336 e. The predicted molar refractivity (Wildman–Crippen MR) is 71.8 cm³/mol. The van der Waals surface area contributed by atoms with Gasteiger partial charge in [-0.3, -0.25) is 0 Å². The molecule has 0 aliphatic heterocycles. The van der Waals surface area contributed by atoms with Crippen LogP contribution in [0, 0.1) is 11.6 Å². The number of benzene rings is 2. The van der Waals surface area contributed by atoms with E-state index in [1.165, 1.54) is 12.1 Å². The maximum atomic E-state index is 13.0. The summed E-state index contributed by atoms with van der Waals surface area (Å²) < 4.78 is 31.7. The number of halogens is 3. The molecule has 0 saturated carbocycles. The topological polar surface area (TPSA) is 46.5 Å². The first-order chi connectivity index (χ1) is 9.45. The van der Waals surface area contributed by atoms with E-state index in [1.54, 1.807) is 6.07 Å². The van der Waals surface area contributed by atoms with Crippen LogP contribution in [0.4, 0.5) is 8.78 Å². The minimum absolute atomic E-state index is 0.0490. The molecule has 0 heterocycles. The van der Waals surface area contributed by atoms with E-state index in [0.717, 1.165) is 18.2 Å². The van der Waals surface area contributed by atoms with Gasteiger partial charge in [-0.1, -0.05) is 0 Å². The normalized spacial score (nSPS) is 10.3. The molecule has 0 unspecified atom stereocenters. The third-order valence-electron chi connectivity index (χ3n) is 2.50. The number of carboxylic acid groups (broad SMARTS) is 1. The van der Waals surface area contributed by atoms with E-state index >= 15 is 0 Å². The Bertz CT molecular complexity index is 639. The van der Waals surface area contributed by atoms with Gasteiger partial charge in [0.25, 0.3) is 0 Å². The lowest BCUT2D eigenvalue weighted by Crippen LogP contribution is -2.01. The quantitative estimate of drug-likeness (QED) is 0.913. The summed E-state index contributed by atoms with van der Waals surface area (Å²) in [5.41, 5.74) is 0.371. The molecule has 0 atom stereocenters. The Hall–Kier alpha value is -1.95. The zero-order valence-electron chi connectivity index (χ0n) is 10.1. The van der Waals surface area contributed by atoms with Crippen LogP contribution in [0.25, 0.3) is 0 Å². The van der Waals surface area contributed by atoms with Gasteiger partial charge in [0.15, 0.2) is 0 Å². The average molecular weight is 343 g/mol. The molecule has 2 aromatic carbocycles. The molecule has 104 valence electrons. The molecule has 0 fully saturated rings. The molecule has 0 bridgehead atoms. The van der Waals surface area contributed by atoms with Gasteiger partial charge in [-0.2, -0.15) is 0 Å². The van der Waals surface area contributed by atoms with E-state index in [-0.39, 0.29) is 12.2 Å². The van der Waals surface area contributed by atoms with Crippen molar-refractivity contribution in [3.63, 3.8) is 0 Å². The summed E-state index contributed by atoms with van der Waals surface area (Å²) in [6.07, 6.45) is 0. The van der Waals surface area contributed by atoms with E-state index in [0.29, 0.717) is 15.8 Å². The highest BCUT2D eigenvalue weighted by molar-refractivity contribution is 9.10. The summed E-state index contributed by atoms with van der Waals surface area (Å²) in [7, 11) is 0. The van der Waals surface area contributed by atoms with Gasteiger partial charge in [0.2, 0.25) is 0 Å². The third kappa shape index (κ3) is 3.54. The third-order valence-corrected chi connectivity index (χ3v) is 3.19. The molecule has 0 spiro atoms. The van der Waals surface area contributed by atoms with Gasteiger partial charge in [0.05, 0.1) is 5.56 Å². The first-order valence-electron chi connectivity index (χ1n) is 5.56. The summed E-state index contributed by atoms with van der Waals surface area (Å²) in [5.74, 6) is -2.18. The number of hydrogen-bond donors (Lipinski definition) is 1. The monoisotopic (exact) mass is 342 g/mol. The van der Waals surface area contributed by atoms with Crippen LogP contribution in [0.5, 0.6) is 5.75 Å². The Kier molecular flexibility index (Phi) is 4.34. The molecule has 6 heteroatoms. The highest BCUT2D eigenvalue weighted by Crippen LogP contribution is 2.23. The molecule has 2 aromatic rings.